The molecule has 0 saturated heterocycles. The monoisotopic (exact) mass is 209 g/mol. The van der Waals surface area contributed by atoms with Crippen molar-refractivity contribution in [2.75, 3.05) is 0 Å². The van der Waals surface area contributed by atoms with Gasteiger partial charge in [-0.15, -0.1) is 11.3 Å². The summed E-state index contributed by atoms with van der Waals surface area (Å²) in [7, 11) is 0. The maximum Gasteiger partial charge on any atom is 0.101 e. The maximum atomic E-state index is 9.02. The van der Waals surface area contributed by atoms with Gasteiger partial charge in [0.2, 0.25) is 0 Å². The zero-order valence-corrected chi connectivity index (χ0v) is 8.71. The van der Waals surface area contributed by atoms with Crippen molar-refractivity contribution in [3.8, 4) is 6.07 Å². The first kappa shape index (κ1) is 8.46. The molecular weight excluding hydrogens is 202 g/mol. The molecule has 1 nitrogen and oxygen atoms in total. The van der Waals surface area contributed by atoms with Crippen molar-refractivity contribution < 1.29 is 0 Å². The number of rotatable bonds is 0. The minimum Gasteiger partial charge on any atom is -0.192 e. The Kier molecular flexibility index (Phi) is 1.74. The van der Waals surface area contributed by atoms with Gasteiger partial charge in [-0.05, 0) is 12.1 Å². The molecule has 1 aromatic heterocycles. The zero-order chi connectivity index (χ0) is 10.3. The third-order valence-corrected chi connectivity index (χ3v) is 3.74. The summed E-state index contributed by atoms with van der Waals surface area (Å²) in [6.45, 7) is 0. The van der Waals surface area contributed by atoms with Crippen LogP contribution in [0.3, 0.4) is 0 Å². The van der Waals surface area contributed by atoms with Crippen LogP contribution in [0.1, 0.15) is 5.56 Å². The van der Waals surface area contributed by atoms with Gasteiger partial charge in [-0.1, -0.05) is 30.3 Å². The number of fused-ring (bicyclic) bond motifs is 3. The van der Waals surface area contributed by atoms with Crippen molar-refractivity contribution >= 4 is 31.5 Å². The molecule has 15 heavy (non-hydrogen) atoms. The number of thiophene rings is 1. The van der Waals surface area contributed by atoms with Crippen LogP contribution >= 0.6 is 11.3 Å². The fourth-order valence-electron chi connectivity index (χ4n) is 1.84. The first-order valence-corrected chi connectivity index (χ1v) is 5.52. The molecule has 0 amide bonds. The van der Waals surface area contributed by atoms with Crippen molar-refractivity contribution in [1.29, 1.82) is 5.26 Å². The van der Waals surface area contributed by atoms with Crippen LogP contribution in [-0.2, 0) is 0 Å². The van der Waals surface area contributed by atoms with Gasteiger partial charge in [0.05, 0.1) is 10.3 Å². The van der Waals surface area contributed by atoms with Gasteiger partial charge in [-0.2, -0.15) is 5.26 Å². The lowest BCUT2D eigenvalue weighted by Crippen LogP contribution is -1.72. The van der Waals surface area contributed by atoms with Crippen LogP contribution in [0.4, 0.5) is 0 Å². The Hall–Kier alpha value is -1.85. The summed E-state index contributed by atoms with van der Waals surface area (Å²) in [5.41, 5.74) is 0.772. The van der Waals surface area contributed by atoms with Crippen LogP contribution in [0.25, 0.3) is 20.2 Å². The predicted molar refractivity (Wildman–Crippen MR) is 64.0 cm³/mol. The van der Waals surface area contributed by atoms with Gasteiger partial charge in [0.25, 0.3) is 0 Å². The van der Waals surface area contributed by atoms with Gasteiger partial charge >= 0.3 is 0 Å². The summed E-state index contributed by atoms with van der Waals surface area (Å²) in [6, 6.07) is 16.4. The largest absolute Gasteiger partial charge is 0.192 e. The highest BCUT2D eigenvalue weighted by Crippen LogP contribution is 2.35. The average Bonchev–Trinajstić information content (AvgIpc) is 2.67. The van der Waals surface area contributed by atoms with Crippen LogP contribution in [0, 0.1) is 11.3 Å². The first-order valence-electron chi connectivity index (χ1n) is 4.70. The minimum atomic E-state index is 0.772. The summed E-state index contributed by atoms with van der Waals surface area (Å²) in [5, 5.41) is 11.5. The number of hydrogen-bond acceptors (Lipinski definition) is 2. The molecule has 3 aromatic rings. The smallest absolute Gasteiger partial charge is 0.101 e. The molecule has 3 rings (SSSR count). The molecular formula is C13H7NS. The molecule has 0 fully saturated rings. The minimum absolute atomic E-state index is 0.772. The molecule has 70 valence electrons. The molecule has 0 saturated carbocycles. The lowest BCUT2D eigenvalue weighted by molar-refractivity contribution is 1.51. The highest BCUT2D eigenvalue weighted by atomic mass is 32.1. The van der Waals surface area contributed by atoms with E-state index < -0.39 is 0 Å². The topological polar surface area (TPSA) is 23.8 Å². The maximum absolute atomic E-state index is 9.02. The summed E-state index contributed by atoms with van der Waals surface area (Å²) < 4.78 is 2.34. The zero-order valence-electron chi connectivity index (χ0n) is 7.90. The fourth-order valence-corrected chi connectivity index (χ4v) is 3.00. The summed E-state index contributed by atoms with van der Waals surface area (Å²) in [6.07, 6.45) is 0. The second-order valence-electron chi connectivity index (χ2n) is 3.39. The third kappa shape index (κ3) is 1.14. The van der Waals surface area contributed by atoms with E-state index in [1.54, 1.807) is 11.3 Å². The Bertz CT molecular complexity index is 688. The van der Waals surface area contributed by atoms with Gasteiger partial charge in [0.1, 0.15) is 6.07 Å². The van der Waals surface area contributed by atoms with E-state index in [1.165, 1.54) is 15.5 Å². The molecule has 0 bridgehead atoms. The van der Waals surface area contributed by atoms with Gasteiger partial charge < -0.3 is 0 Å². The second kappa shape index (κ2) is 3.08. The summed E-state index contributed by atoms with van der Waals surface area (Å²) in [5.74, 6) is 0. The number of nitrogens with zero attached hydrogens (tertiary/aromatic N) is 1. The van der Waals surface area contributed by atoms with E-state index in [4.69, 9.17) is 5.26 Å². The first-order chi connectivity index (χ1) is 7.40. The molecule has 0 aliphatic heterocycles. The van der Waals surface area contributed by atoms with Crippen LogP contribution in [0.2, 0.25) is 0 Å². The Balaban J connectivity index is 2.61. The normalized spacial score (nSPS) is 10.6. The molecule has 0 radical (unpaired) electrons. The molecule has 0 N–H and O–H groups in total. The lowest BCUT2D eigenvalue weighted by Gasteiger charge is -1.91. The molecule has 0 aliphatic carbocycles. The highest BCUT2D eigenvalue weighted by Gasteiger charge is 2.06. The van der Waals surface area contributed by atoms with Gasteiger partial charge in [-0.3, -0.25) is 0 Å². The van der Waals surface area contributed by atoms with E-state index in [2.05, 4.69) is 24.3 Å². The van der Waals surface area contributed by atoms with Crippen LogP contribution in [0.15, 0.2) is 42.5 Å². The van der Waals surface area contributed by atoms with Gasteiger partial charge in [0.15, 0.2) is 0 Å². The van der Waals surface area contributed by atoms with Gasteiger partial charge in [0, 0.05) is 15.5 Å². The van der Waals surface area contributed by atoms with Crippen molar-refractivity contribution in [2.24, 2.45) is 0 Å². The van der Waals surface area contributed by atoms with Crippen molar-refractivity contribution in [1.82, 2.24) is 0 Å². The SMILES string of the molecule is N#Cc1cccc2c1sc1ccccc12. The Morgan fingerprint density at radius 3 is 2.60 bits per heavy atom. The molecule has 1 heterocycles. The molecule has 0 unspecified atom stereocenters. The van der Waals surface area contributed by atoms with E-state index in [1.807, 2.05) is 24.3 Å². The van der Waals surface area contributed by atoms with Crippen LogP contribution in [0.5, 0.6) is 0 Å². The predicted octanol–water partition coefficient (Wildman–Crippen LogP) is 3.93. The van der Waals surface area contributed by atoms with Crippen LogP contribution < -0.4 is 0 Å². The molecule has 0 aliphatic rings. The van der Waals surface area contributed by atoms with Crippen molar-refractivity contribution in [3.63, 3.8) is 0 Å². The van der Waals surface area contributed by atoms with E-state index in [9.17, 15) is 0 Å². The number of benzene rings is 2. The summed E-state index contributed by atoms with van der Waals surface area (Å²) in [4.78, 5) is 0. The lowest BCUT2D eigenvalue weighted by atomic mass is 10.1. The van der Waals surface area contributed by atoms with Gasteiger partial charge in [-0.25, -0.2) is 0 Å². The average molecular weight is 209 g/mol. The standard InChI is InChI=1S/C13H7NS/c14-8-9-4-3-6-11-10-5-1-2-7-12(10)15-13(9)11/h1-7H. The van der Waals surface area contributed by atoms with E-state index in [0.717, 1.165) is 10.3 Å². The number of hydrogen-bond donors (Lipinski definition) is 0. The Morgan fingerprint density at radius 2 is 1.73 bits per heavy atom. The Morgan fingerprint density at radius 1 is 0.933 bits per heavy atom. The van der Waals surface area contributed by atoms with Crippen LogP contribution in [-0.4, -0.2) is 0 Å². The van der Waals surface area contributed by atoms with E-state index in [-0.39, 0.29) is 0 Å². The molecule has 2 aromatic carbocycles. The van der Waals surface area contributed by atoms with E-state index in [0.29, 0.717) is 0 Å². The quantitative estimate of drug-likeness (QED) is 0.550. The van der Waals surface area contributed by atoms with E-state index >= 15 is 0 Å². The second-order valence-corrected chi connectivity index (χ2v) is 4.44. The highest BCUT2D eigenvalue weighted by molar-refractivity contribution is 7.26. The molecule has 2 heteroatoms. The molecule has 0 spiro atoms. The fraction of sp³-hybridized carbons (Fsp3) is 0. The van der Waals surface area contributed by atoms with Crippen molar-refractivity contribution in [2.45, 2.75) is 0 Å². The molecule has 0 atom stereocenters. The summed E-state index contributed by atoms with van der Waals surface area (Å²) >= 11 is 1.69. The third-order valence-electron chi connectivity index (χ3n) is 2.52. The Labute approximate surface area is 91.2 Å². The number of nitriles is 1. The van der Waals surface area contributed by atoms with Crippen molar-refractivity contribution in [3.05, 3.63) is 48.0 Å².